The van der Waals surface area contributed by atoms with Gasteiger partial charge in [-0.25, -0.2) is 4.79 Å². The molecule has 0 radical (unpaired) electrons. The minimum Gasteiger partial charge on any atom is -0.425 e. The van der Waals surface area contributed by atoms with Crippen molar-refractivity contribution in [1.82, 2.24) is 18.7 Å². The molecule has 0 saturated carbocycles. The summed E-state index contributed by atoms with van der Waals surface area (Å²) in [5, 5.41) is 0. The first-order valence-corrected chi connectivity index (χ1v) is 7.25. The molecule has 114 valence electrons. The number of hydrogen-bond acceptors (Lipinski definition) is 4. The predicted molar refractivity (Wildman–Crippen MR) is 85.4 cm³/mol. The first-order valence-electron chi connectivity index (χ1n) is 6.46. The fraction of sp³-hybridized carbons (Fsp3) is 0.214. The second kappa shape index (κ2) is 5.13. The van der Waals surface area contributed by atoms with Crippen LogP contribution in [-0.4, -0.2) is 18.7 Å². The van der Waals surface area contributed by atoms with Crippen molar-refractivity contribution in [2.75, 3.05) is 0 Å². The maximum Gasteiger partial charge on any atom is 0.332 e. The smallest absolute Gasteiger partial charge is 0.332 e. The van der Waals surface area contributed by atoms with E-state index in [0.717, 1.165) is 9.04 Å². The number of ether oxygens (including phenoxy) is 1. The van der Waals surface area contributed by atoms with E-state index >= 15 is 0 Å². The predicted octanol–water partition coefficient (Wildman–Crippen LogP) is 1.53. The molecule has 7 nitrogen and oxygen atoms in total. The molecule has 0 aliphatic rings. The lowest BCUT2D eigenvalue weighted by Crippen LogP contribution is -2.37. The summed E-state index contributed by atoms with van der Waals surface area (Å²) < 4.78 is 10.6. The molecule has 0 bridgehead atoms. The summed E-state index contributed by atoms with van der Waals surface area (Å²) in [5.74, 6) is 0.587. The molecule has 1 aromatic carbocycles. The number of aromatic nitrogens is 4. The molecule has 0 saturated heterocycles. The molecule has 0 aliphatic heterocycles. The van der Waals surface area contributed by atoms with E-state index in [2.05, 4.69) is 20.9 Å². The zero-order chi connectivity index (χ0) is 16.0. The van der Waals surface area contributed by atoms with Crippen molar-refractivity contribution in [1.29, 1.82) is 0 Å². The first-order chi connectivity index (χ1) is 10.4. The van der Waals surface area contributed by atoms with Crippen LogP contribution in [0.3, 0.4) is 0 Å². The van der Waals surface area contributed by atoms with E-state index < -0.39 is 11.2 Å². The van der Waals surface area contributed by atoms with Crippen LogP contribution in [0, 0.1) is 0 Å². The molecular formula is C14H13BrN4O3. The lowest BCUT2D eigenvalue weighted by atomic mass is 10.3. The van der Waals surface area contributed by atoms with Gasteiger partial charge in [-0.15, -0.1) is 0 Å². The fourth-order valence-corrected chi connectivity index (χ4v) is 2.46. The van der Waals surface area contributed by atoms with Gasteiger partial charge < -0.3 is 4.74 Å². The van der Waals surface area contributed by atoms with Gasteiger partial charge in [0, 0.05) is 25.6 Å². The van der Waals surface area contributed by atoms with E-state index in [4.69, 9.17) is 4.74 Å². The van der Waals surface area contributed by atoms with Gasteiger partial charge in [-0.05, 0) is 24.3 Å². The third-order valence-electron chi connectivity index (χ3n) is 3.46. The van der Waals surface area contributed by atoms with Crippen LogP contribution in [0.1, 0.15) is 0 Å². The summed E-state index contributed by atoms with van der Waals surface area (Å²) in [6.07, 6.45) is 0. The van der Waals surface area contributed by atoms with E-state index in [1.54, 1.807) is 30.8 Å². The van der Waals surface area contributed by atoms with Gasteiger partial charge in [0.1, 0.15) is 5.75 Å². The maximum atomic E-state index is 12.3. The molecule has 0 spiro atoms. The molecule has 8 heteroatoms. The molecule has 0 unspecified atom stereocenters. The third kappa shape index (κ3) is 2.16. The monoisotopic (exact) mass is 364 g/mol. The Morgan fingerprint density at radius 1 is 1.00 bits per heavy atom. The number of hydrogen-bond donors (Lipinski definition) is 0. The van der Waals surface area contributed by atoms with Crippen LogP contribution in [0.4, 0.5) is 0 Å². The Kier molecular flexibility index (Phi) is 3.40. The number of halogens is 1. The average molecular weight is 365 g/mol. The third-order valence-corrected chi connectivity index (χ3v) is 3.99. The topological polar surface area (TPSA) is 71.1 Å². The summed E-state index contributed by atoms with van der Waals surface area (Å²) in [6, 6.07) is 7.48. The van der Waals surface area contributed by atoms with E-state index in [1.165, 1.54) is 11.6 Å². The second-order valence-corrected chi connectivity index (χ2v) is 5.80. The van der Waals surface area contributed by atoms with Gasteiger partial charge >= 0.3 is 11.7 Å². The summed E-state index contributed by atoms with van der Waals surface area (Å²) in [5.41, 5.74) is -0.219. The van der Waals surface area contributed by atoms with Crippen molar-refractivity contribution in [3.05, 3.63) is 49.6 Å². The van der Waals surface area contributed by atoms with Crippen molar-refractivity contribution < 1.29 is 4.74 Å². The highest BCUT2D eigenvalue weighted by Crippen LogP contribution is 2.24. The quantitative estimate of drug-likeness (QED) is 0.691. The van der Waals surface area contributed by atoms with Gasteiger partial charge in [-0.2, -0.15) is 4.98 Å². The average Bonchev–Trinajstić information content (AvgIpc) is 2.82. The van der Waals surface area contributed by atoms with Gasteiger partial charge in [0.05, 0.1) is 0 Å². The van der Waals surface area contributed by atoms with Gasteiger partial charge in [0.2, 0.25) is 0 Å². The van der Waals surface area contributed by atoms with Crippen molar-refractivity contribution in [3.63, 3.8) is 0 Å². The van der Waals surface area contributed by atoms with Crippen LogP contribution in [0.15, 0.2) is 38.3 Å². The van der Waals surface area contributed by atoms with Gasteiger partial charge in [0.15, 0.2) is 11.2 Å². The first kappa shape index (κ1) is 14.6. The number of imidazole rings is 1. The zero-order valence-electron chi connectivity index (χ0n) is 12.2. The van der Waals surface area contributed by atoms with E-state index in [-0.39, 0.29) is 6.01 Å². The molecule has 3 aromatic rings. The molecule has 0 atom stereocenters. The van der Waals surface area contributed by atoms with E-state index in [1.807, 2.05) is 12.1 Å². The van der Waals surface area contributed by atoms with Crippen molar-refractivity contribution in [2.24, 2.45) is 21.1 Å². The summed E-state index contributed by atoms with van der Waals surface area (Å²) in [7, 11) is 4.68. The molecule has 0 N–H and O–H groups in total. The van der Waals surface area contributed by atoms with Crippen molar-refractivity contribution >= 4 is 27.1 Å². The van der Waals surface area contributed by atoms with Crippen LogP contribution in [0.2, 0.25) is 0 Å². The molecule has 0 aliphatic carbocycles. The Morgan fingerprint density at radius 3 is 2.27 bits per heavy atom. The highest BCUT2D eigenvalue weighted by atomic mass is 79.9. The summed E-state index contributed by atoms with van der Waals surface area (Å²) in [4.78, 5) is 28.5. The molecule has 0 fully saturated rings. The summed E-state index contributed by atoms with van der Waals surface area (Å²) in [6.45, 7) is 0. The number of benzene rings is 1. The van der Waals surface area contributed by atoms with Crippen LogP contribution in [0.25, 0.3) is 11.2 Å². The number of rotatable bonds is 2. The van der Waals surface area contributed by atoms with Crippen LogP contribution in [-0.2, 0) is 21.1 Å². The molecular weight excluding hydrogens is 352 g/mol. The normalized spacial score (nSPS) is 11.1. The number of fused-ring (bicyclic) bond motifs is 1. The van der Waals surface area contributed by atoms with Crippen molar-refractivity contribution in [3.8, 4) is 11.8 Å². The van der Waals surface area contributed by atoms with Crippen molar-refractivity contribution in [2.45, 2.75) is 0 Å². The van der Waals surface area contributed by atoms with E-state index in [9.17, 15) is 9.59 Å². The lowest BCUT2D eigenvalue weighted by Gasteiger charge is -2.05. The minimum absolute atomic E-state index is 0.246. The van der Waals surface area contributed by atoms with Gasteiger partial charge in [-0.3, -0.25) is 18.5 Å². The molecule has 2 aromatic heterocycles. The largest absolute Gasteiger partial charge is 0.425 e. The molecule has 22 heavy (non-hydrogen) atoms. The Morgan fingerprint density at radius 2 is 1.64 bits per heavy atom. The molecule has 2 heterocycles. The Bertz CT molecular complexity index is 982. The number of aryl methyl sites for hydroxylation is 2. The Balaban J connectivity index is 2.20. The highest BCUT2D eigenvalue weighted by Gasteiger charge is 2.18. The lowest BCUT2D eigenvalue weighted by molar-refractivity contribution is 0.427. The van der Waals surface area contributed by atoms with Gasteiger partial charge in [0.25, 0.3) is 5.56 Å². The molecule has 0 amide bonds. The summed E-state index contributed by atoms with van der Waals surface area (Å²) >= 11 is 3.35. The second-order valence-electron chi connectivity index (χ2n) is 4.89. The van der Waals surface area contributed by atoms with E-state index in [0.29, 0.717) is 16.9 Å². The van der Waals surface area contributed by atoms with Crippen LogP contribution < -0.4 is 16.0 Å². The molecule has 3 rings (SSSR count). The Hall–Kier alpha value is -2.35. The fourth-order valence-electron chi connectivity index (χ4n) is 2.20. The maximum absolute atomic E-state index is 12.3. The van der Waals surface area contributed by atoms with Crippen LogP contribution in [0.5, 0.6) is 11.8 Å². The minimum atomic E-state index is -0.425. The zero-order valence-corrected chi connectivity index (χ0v) is 13.8. The SMILES string of the molecule is Cn1c(=O)c2c(nc(Oc3ccc(Br)cc3)n2C)n(C)c1=O. The standard InChI is InChI=1S/C14H13BrN4O3/c1-17-10-11(18(2)14(21)19(3)12(10)20)16-13(17)22-9-6-4-8(15)5-7-9/h4-7H,1-3H3. The number of nitrogens with zero attached hydrogens (tertiary/aromatic N) is 4. The Labute approximate surface area is 133 Å². The van der Waals surface area contributed by atoms with Crippen LogP contribution >= 0.6 is 15.9 Å². The van der Waals surface area contributed by atoms with Gasteiger partial charge in [-0.1, -0.05) is 15.9 Å². The highest BCUT2D eigenvalue weighted by molar-refractivity contribution is 9.10.